The van der Waals surface area contributed by atoms with Crippen LogP contribution in [-0.4, -0.2) is 17.0 Å². The number of halogens is 2. The number of aromatic nitrogens is 2. The van der Waals surface area contributed by atoms with E-state index >= 15 is 0 Å². The minimum absolute atomic E-state index is 0.180. The third-order valence-corrected chi connectivity index (χ3v) is 3.21. The lowest BCUT2D eigenvalue weighted by Gasteiger charge is -2.23. The molecule has 1 aromatic carbocycles. The van der Waals surface area contributed by atoms with Crippen molar-refractivity contribution in [3.05, 3.63) is 47.1 Å². The molecule has 0 unspecified atom stereocenters. The van der Waals surface area contributed by atoms with Crippen molar-refractivity contribution in [2.75, 3.05) is 11.9 Å². The van der Waals surface area contributed by atoms with Gasteiger partial charge in [0, 0.05) is 18.3 Å². The molecule has 0 N–H and O–H groups in total. The predicted octanol–water partition coefficient (Wildman–Crippen LogP) is 4.16. The van der Waals surface area contributed by atoms with Crippen molar-refractivity contribution >= 4 is 23.1 Å². The van der Waals surface area contributed by atoms with Crippen molar-refractivity contribution in [1.29, 1.82) is 0 Å². The molecule has 19 heavy (non-hydrogen) atoms. The van der Waals surface area contributed by atoms with Crippen LogP contribution < -0.4 is 4.90 Å². The van der Waals surface area contributed by atoms with Gasteiger partial charge in [0.1, 0.15) is 23.1 Å². The lowest BCUT2D eigenvalue weighted by atomic mass is 10.1. The van der Waals surface area contributed by atoms with Crippen LogP contribution >= 0.6 is 11.6 Å². The van der Waals surface area contributed by atoms with Crippen molar-refractivity contribution in [3.8, 4) is 0 Å². The van der Waals surface area contributed by atoms with Gasteiger partial charge in [-0.1, -0.05) is 31.5 Å². The zero-order chi connectivity index (χ0) is 14.0. The van der Waals surface area contributed by atoms with Crippen molar-refractivity contribution in [2.45, 2.75) is 19.8 Å². The van der Waals surface area contributed by atoms with Crippen LogP contribution in [0, 0.1) is 5.82 Å². The zero-order valence-corrected chi connectivity index (χ0v) is 11.8. The van der Waals surface area contributed by atoms with Crippen LogP contribution in [0.3, 0.4) is 0 Å². The highest BCUT2D eigenvalue weighted by Crippen LogP contribution is 2.33. The molecule has 0 saturated carbocycles. The van der Waals surface area contributed by atoms with Crippen LogP contribution in [0.15, 0.2) is 30.6 Å². The molecule has 0 radical (unpaired) electrons. The summed E-state index contributed by atoms with van der Waals surface area (Å²) in [4.78, 5) is 10.1. The summed E-state index contributed by atoms with van der Waals surface area (Å²) in [5.41, 5.74) is 1.58. The first-order valence-electron chi connectivity index (χ1n) is 6.00. The summed E-state index contributed by atoms with van der Waals surface area (Å²) in [5.74, 6) is 0.593. The topological polar surface area (TPSA) is 29.0 Å². The number of nitrogens with zero attached hydrogens (tertiary/aromatic N) is 3. The second-order valence-corrected chi connectivity index (χ2v) is 4.95. The maximum absolute atomic E-state index is 13.3. The smallest absolute Gasteiger partial charge is 0.141 e. The Morgan fingerprint density at radius 1 is 1.26 bits per heavy atom. The van der Waals surface area contributed by atoms with E-state index in [0.717, 1.165) is 11.3 Å². The van der Waals surface area contributed by atoms with Gasteiger partial charge in [-0.3, -0.25) is 0 Å². The number of hydrogen-bond acceptors (Lipinski definition) is 3. The van der Waals surface area contributed by atoms with Gasteiger partial charge >= 0.3 is 0 Å². The van der Waals surface area contributed by atoms with Crippen LogP contribution in [0.25, 0.3) is 0 Å². The number of anilines is 2. The van der Waals surface area contributed by atoms with Gasteiger partial charge < -0.3 is 4.90 Å². The van der Waals surface area contributed by atoms with E-state index in [9.17, 15) is 4.39 Å². The molecule has 0 amide bonds. The summed E-state index contributed by atoms with van der Waals surface area (Å²) in [6, 6.07) is 6.36. The highest BCUT2D eigenvalue weighted by Gasteiger charge is 2.17. The highest BCUT2D eigenvalue weighted by molar-refractivity contribution is 6.30. The van der Waals surface area contributed by atoms with E-state index in [0.29, 0.717) is 11.0 Å². The lowest BCUT2D eigenvalue weighted by molar-refractivity contribution is 0.628. The van der Waals surface area contributed by atoms with Crippen LogP contribution in [0.2, 0.25) is 5.15 Å². The number of benzene rings is 1. The zero-order valence-electron chi connectivity index (χ0n) is 11.1. The molecular weight excluding hydrogens is 265 g/mol. The maximum atomic E-state index is 13.3. The first-order chi connectivity index (χ1) is 9.00. The summed E-state index contributed by atoms with van der Waals surface area (Å²) in [6.45, 7) is 4.04. The van der Waals surface area contributed by atoms with E-state index in [1.807, 2.05) is 31.9 Å². The third-order valence-electron chi connectivity index (χ3n) is 2.90. The van der Waals surface area contributed by atoms with Crippen LogP contribution in [-0.2, 0) is 0 Å². The van der Waals surface area contributed by atoms with E-state index in [1.165, 1.54) is 18.5 Å². The Hall–Kier alpha value is -1.68. The summed E-state index contributed by atoms with van der Waals surface area (Å²) >= 11 is 6.14. The molecule has 0 saturated heterocycles. The van der Waals surface area contributed by atoms with Gasteiger partial charge in [0.25, 0.3) is 0 Å². The standard InChI is InChI=1S/C14H15ClFN3/c1-9(2)12-13(15)17-8-18-14(12)19(3)11-6-4-5-10(16)7-11/h4-9H,1-3H3. The molecule has 100 valence electrons. The molecule has 2 rings (SSSR count). The Kier molecular flexibility index (Phi) is 4.00. The molecule has 0 aliphatic carbocycles. The average Bonchev–Trinajstić information content (AvgIpc) is 2.37. The lowest BCUT2D eigenvalue weighted by Crippen LogP contribution is -2.15. The fraction of sp³-hybridized carbons (Fsp3) is 0.286. The fourth-order valence-corrected chi connectivity index (χ4v) is 2.28. The molecule has 0 spiro atoms. The molecular formula is C14H15ClFN3. The third kappa shape index (κ3) is 2.84. The Labute approximate surface area is 117 Å². The Balaban J connectivity index is 2.50. The Bertz CT molecular complexity index is 587. The van der Waals surface area contributed by atoms with Gasteiger partial charge in [0.05, 0.1) is 0 Å². The number of rotatable bonds is 3. The monoisotopic (exact) mass is 279 g/mol. The van der Waals surface area contributed by atoms with Crippen molar-refractivity contribution in [1.82, 2.24) is 9.97 Å². The summed E-state index contributed by atoms with van der Waals surface area (Å²) in [7, 11) is 1.83. The SMILES string of the molecule is CC(C)c1c(Cl)ncnc1N(C)c1cccc(F)c1. The fourth-order valence-electron chi connectivity index (χ4n) is 1.94. The first kappa shape index (κ1) is 13.7. The minimum Gasteiger partial charge on any atom is -0.329 e. The van der Waals surface area contributed by atoms with Crippen molar-refractivity contribution < 1.29 is 4.39 Å². The molecule has 5 heteroatoms. The molecule has 1 aromatic heterocycles. The molecule has 0 fully saturated rings. The van der Waals surface area contributed by atoms with Gasteiger partial charge in [-0.15, -0.1) is 0 Å². The minimum atomic E-state index is -0.282. The van der Waals surface area contributed by atoms with Crippen LogP contribution in [0.1, 0.15) is 25.3 Å². The normalized spacial score (nSPS) is 10.8. The largest absolute Gasteiger partial charge is 0.329 e. The van der Waals surface area contributed by atoms with Crippen LogP contribution in [0.4, 0.5) is 15.9 Å². The summed E-state index contributed by atoms with van der Waals surface area (Å²) in [6.07, 6.45) is 1.42. The van der Waals surface area contributed by atoms with E-state index in [4.69, 9.17) is 11.6 Å². The van der Waals surface area contributed by atoms with Gasteiger partial charge in [0.15, 0.2) is 0 Å². The van der Waals surface area contributed by atoms with E-state index in [1.54, 1.807) is 6.07 Å². The summed E-state index contributed by atoms with van der Waals surface area (Å²) < 4.78 is 13.3. The van der Waals surface area contributed by atoms with Gasteiger partial charge in [-0.2, -0.15) is 0 Å². The quantitative estimate of drug-likeness (QED) is 0.790. The second-order valence-electron chi connectivity index (χ2n) is 4.60. The molecule has 0 aliphatic heterocycles. The average molecular weight is 280 g/mol. The van der Waals surface area contributed by atoms with Crippen molar-refractivity contribution in [3.63, 3.8) is 0 Å². The Morgan fingerprint density at radius 3 is 2.63 bits per heavy atom. The van der Waals surface area contributed by atoms with Gasteiger partial charge in [-0.05, 0) is 24.1 Å². The van der Waals surface area contributed by atoms with E-state index in [-0.39, 0.29) is 11.7 Å². The molecule has 0 bridgehead atoms. The van der Waals surface area contributed by atoms with Crippen molar-refractivity contribution in [2.24, 2.45) is 0 Å². The molecule has 0 atom stereocenters. The van der Waals surface area contributed by atoms with E-state index in [2.05, 4.69) is 9.97 Å². The highest BCUT2D eigenvalue weighted by atomic mass is 35.5. The number of hydrogen-bond donors (Lipinski definition) is 0. The second kappa shape index (κ2) is 5.53. The predicted molar refractivity (Wildman–Crippen MR) is 75.6 cm³/mol. The Morgan fingerprint density at radius 2 is 2.00 bits per heavy atom. The van der Waals surface area contributed by atoms with E-state index < -0.39 is 0 Å². The van der Waals surface area contributed by atoms with Gasteiger partial charge in [0.2, 0.25) is 0 Å². The molecule has 0 aliphatic rings. The molecule has 2 aromatic rings. The first-order valence-corrected chi connectivity index (χ1v) is 6.38. The molecule has 1 heterocycles. The maximum Gasteiger partial charge on any atom is 0.141 e. The van der Waals surface area contributed by atoms with Crippen LogP contribution in [0.5, 0.6) is 0 Å². The van der Waals surface area contributed by atoms with Gasteiger partial charge in [-0.25, -0.2) is 14.4 Å². The molecule has 3 nitrogen and oxygen atoms in total. The summed E-state index contributed by atoms with van der Waals surface area (Å²) in [5, 5.41) is 0.434.